The van der Waals surface area contributed by atoms with Crippen LogP contribution in [0.1, 0.15) is 35.3 Å². The van der Waals surface area contributed by atoms with E-state index in [1.54, 1.807) is 37.1 Å². The number of benzene rings is 2. The van der Waals surface area contributed by atoms with E-state index in [0.717, 1.165) is 12.8 Å². The Labute approximate surface area is 189 Å². The van der Waals surface area contributed by atoms with Gasteiger partial charge in [0.25, 0.3) is 5.91 Å². The summed E-state index contributed by atoms with van der Waals surface area (Å²) in [6, 6.07) is 10.8. The molecule has 2 amide bonds. The van der Waals surface area contributed by atoms with Crippen LogP contribution in [0.2, 0.25) is 5.15 Å². The van der Waals surface area contributed by atoms with Crippen molar-refractivity contribution in [3.63, 3.8) is 0 Å². The molecule has 32 heavy (non-hydrogen) atoms. The molecule has 1 saturated heterocycles. The number of carbonyl (C=O) groups is 2. The number of hydrogen-bond donors (Lipinski definition) is 1. The van der Waals surface area contributed by atoms with Crippen LogP contribution < -0.4 is 15.0 Å². The summed E-state index contributed by atoms with van der Waals surface area (Å²) < 4.78 is 20.1. The molecule has 1 aliphatic rings. The zero-order valence-electron chi connectivity index (χ0n) is 17.7. The maximum absolute atomic E-state index is 13.2. The summed E-state index contributed by atoms with van der Waals surface area (Å²) in [5.74, 6) is -0.245. The second-order valence-electron chi connectivity index (χ2n) is 7.48. The Morgan fingerprint density at radius 1 is 1.19 bits per heavy atom. The van der Waals surface area contributed by atoms with Crippen molar-refractivity contribution in [1.82, 2.24) is 9.78 Å². The van der Waals surface area contributed by atoms with Gasteiger partial charge in [-0.25, -0.2) is 9.07 Å². The van der Waals surface area contributed by atoms with E-state index in [4.69, 9.17) is 16.3 Å². The normalized spacial score (nSPS) is 13.9. The molecule has 0 bridgehead atoms. The lowest BCUT2D eigenvalue weighted by atomic mass is 10.1. The zero-order valence-corrected chi connectivity index (χ0v) is 18.4. The number of ether oxygens (including phenoxy) is 1. The third-order valence-corrected chi connectivity index (χ3v) is 5.70. The molecule has 2 aromatic carbocycles. The monoisotopic (exact) mass is 456 g/mol. The molecule has 0 aliphatic carbocycles. The van der Waals surface area contributed by atoms with Crippen LogP contribution in [0.25, 0.3) is 5.69 Å². The smallest absolute Gasteiger partial charge is 0.260 e. The number of rotatable bonds is 5. The first-order valence-corrected chi connectivity index (χ1v) is 10.6. The minimum atomic E-state index is -0.443. The molecular formula is C23H22ClFN4O3. The molecule has 1 N–H and O–H groups in total. The first-order valence-electron chi connectivity index (χ1n) is 10.2. The van der Waals surface area contributed by atoms with E-state index in [-0.39, 0.29) is 22.4 Å². The number of aryl methyl sites for hydroxylation is 1. The van der Waals surface area contributed by atoms with Gasteiger partial charge in [-0.05, 0) is 62.2 Å². The molecule has 3 aromatic rings. The van der Waals surface area contributed by atoms with Crippen LogP contribution in [0.3, 0.4) is 0 Å². The van der Waals surface area contributed by atoms with Crippen molar-refractivity contribution in [3.05, 3.63) is 64.7 Å². The largest absolute Gasteiger partial charge is 0.495 e. The Balaban J connectivity index is 1.62. The summed E-state index contributed by atoms with van der Waals surface area (Å²) in [6.07, 6.45) is 2.25. The molecule has 4 rings (SSSR count). The number of halogens is 2. The van der Waals surface area contributed by atoms with Gasteiger partial charge in [0.1, 0.15) is 22.3 Å². The van der Waals surface area contributed by atoms with Crippen LogP contribution in [-0.2, 0) is 4.79 Å². The standard InChI is InChI=1S/C23H22ClFN4O3/c1-14-21(22(24)29(27-14)17-9-6-15(25)7-10-17)23(31)26-16-8-11-19(32-2)18(13-16)28-12-4-3-5-20(28)30/h6-11,13H,3-5,12H2,1-2H3,(H,26,31). The highest BCUT2D eigenvalue weighted by Gasteiger charge is 2.25. The van der Waals surface area contributed by atoms with E-state index in [2.05, 4.69) is 10.4 Å². The van der Waals surface area contributed by atoms with Crippen molar-refractivity contribution in [3.8, 4) is 11.4 Å². The molecule has 7 nitrogen and oxygen atoms in total. The lowest BCUT2D eigenvalue weighted by Crippen LogP contribution is -2.35. The Hall–Kier alpha value is -3.39. The molecule has 0 unspecified atom stereocenters. The molecule has 0 spiro atoms. The molecular weight excluding hydrogens is 435 g/mol. The first kappa shape index (κ1) is 21.8. The molecule has 2 heterocycles. The van der Waals surface area contributed by atoms with Crippen molar-refractivity contribution in [2.75, 3.05) is 23.9 Å². The maximum atomic E-state index is 13.2. The van der Waals surface area contributed by atoms with Gasteiger partial charge in [-0.1, -0.05) is 11.6 Å². The summed E-state index contributed by atoms with van der Waals surface area (Å²) in [7, 11) is 1.54. The van der Waals surface area contributed by atoms with E-state index in [0.29, 0.717) is 41.5 Å². The predicted octanol–water partition coefficient (Wildman–Crippen LogP) is 4.75. The van der Waals surface area contributed by atoms with E-state index in [9.17, 15) is 14.0 Å². The lowest BCUT2D eigenvalue weighted by molar-refractivity contribution is -0.119. The van der Waals surface area contributed by atoms with Gasteiger partial charge in [0, 0.05) is 18.7 Å². The second kappa shape index (κ2) is 9.00. The van der Waals surface area contributed by atoms with Crippen LogP contribution in [0.4, 0.5) is 15.8 Å². The minimum Gasteiger partial charge on any atom is -0.495 e. The highest BCUT2D eigenvalue weighted by atomic mass is 35.5. The van der Waals surface area contributed by atoms with Gasteiger partial charge in [-0.2, -0.15) is 5.10 Å². The van der Waals surface area contributed by atoms with E-state index < -0.39 is 5.91 Å². The van der Waals surface area contributed by atoms with Gasteiger partial charge in [0.05, 0.1) is 24.2 Å². The van der Waals surface area contributed by atoms with Gasteiger partial charge in [0.15, 0.2) is 0 Å². The van der Waals surface area contributed by atoms with Crippen LogP contribution >= 0.6 is 11.6 Å². The second-order valence-corrected chi connectivity index (χ2v) is 7.84. The highest BCUT2D eigenvalue weighted by molar-refractivity contribution is 6.34. The van der Waals surface area contributed by atoms with Gasteiger partial charge in [0.2, 0.25) is 5.91 Å². The molecule has 1 aliphatic heterocycles. The third-order valence-electron chi connectivity index (χ3n) is 5.35. The predicted molar refractivity (Wildman–Crippen MR) is 120 cm³/mol. The topological polar surface area (TPSA) is 76.5 Å². The number of aromatic nitrogens is 2. The number of piperidine rings is 1. The van der Waals surface area contributed by atoms with Gasteiger partial charge in [-0.3, -0.25) is 9.59 Å². The summed E-state index contributed by atoms with van der Waals surface area (Å²) in [6.45, 7) is 2.27. The minimum absolute atomic E-state index is 0.0255. The SMILES string of the molecule is COc1ccc(NC(=O)c2c(C)nn(-c3ccc(F)cc3)c2Cl)cc1N1CCCCC1=O. The van der Waals surface area contributed by atoms with Gasteiger partial charge < -0.3 is 15.0 Å². The highest BCUT2D eigenvalue weighted by Crippen LogP contribution is 2.34. The maximum Gasteiger partial charge on any atom is 0.260 e. The Morgan fingerprint density at radius 2 is 1.94 bits per heavy atom. The molecule has 1 fully saturated rings. The first-order chi connectivity index (χ1) is 15.4. The average molecular weight is 457 g/mol. The Bertz CT molecular complexity index is 1180. The van der Waals surface area contributed by atoms with Crippen molar-refractivity contribution in [2.45, 2.75) is 26.2 Å². The molecule has 166 valence electrons. The number of methoxy groups -OCH3 is 1. The van der Waals surface area contributed by atoms with Crippen LogP contribution in [0, 0.1) is 12.7 Å². The fraction of sp³-hybridized carbons (Fsp3) is 0.261. The lowest BCUT2D eigenvalue weighted by Gasteiger charge is -2.28. The molecule has 1 aromatic heterocycles. The number of anilines is 2. The molecule has 0 saturated carbocycles. The Kier molecular flexibility index (Phi) is 6.14. The summed E-state index contributed by atoms with van der Waals surface area (Å²) >= 11 is 6.46. The summed E-state index contributed by atoms with van der Waals surface area (Å²) in [5.41, 5.74) is 2.28. The van der Waals surface area contributed by atoms with E-state index in [1.165, 1.54) is 28.9 Å². The zero-order chi connectivity index (χ0) is 22.8. The molecule has 9 heteroatoms. The third kappa shape index (κ3) is 4.18. The Morgan fingerprint density at radius 3 is 2.62 bits per heavy atom. The number of carbonyl (C=O) groups excluding carboxylic acids is 2. The van der Waals surface area contributed by atoms with Gasteiger partial charge >= 0.3 is 0 Å². The number of hydrogen-bond acceptors (Lipinski definition) is 4. The number of nitrogens with one attached hydrogen (secondary N) is 1. The quantitative estimate of drug-likeness (QED) is 0.601. The summed E-state index contributed by atoms with van der Waals surface area (Å²) in [4.78, 5) is 27.1. The van der Waals surface area contributed by atoms with Gasteiger partial charge in [-0.15, -0.1) is 0 Å². The van der Waals surface area contributed by atoms with E-state index >= 15 is 0 Å². The van der Waals surface area contributed by atoms with Crippen molar-refractivity contribution in [2.24, 2.45) is 0 Å². The number of nitrogens with zero attached hydrogens (tertiary/aromatic N) is 3. The van der Waals surface area contributed by atoms with E-state index in [1.807, 2.05) is 0 Å². The van der Waals surface area contributed by atoms with Crippen LogP contribution in [0.15, 0.2) is 42.5 Å². The van der Waals surface area contributed by atoms with Crippen molar-refractivity contribution >= 4 is 34.8 Å². The molecule has 0 atom stereocenters. The van der Waals surface area contributed by atoms with Crippen LogP contribution in [-0.4, -0.2) is 35.2 Å². The van der Waals surface area contributed by atoms with Crippen molar-refractivity contribution < 1.29 is 18.7 Å². The summed E-state index contributed by atoms with van der Waals surface area (Å²) in [5, 5.41) is 7.28. The fourth-order valence-corrected chi connectivity index (χ4v) is 4.10. The number of amides is 2. The van der Waals surface area contributed by atoms with Crippen molar-refractivity contribution in [1.29, 1.82) is 0 Å². The average Bonchev–Trinajstić information content (AvgIpc) is 3.08. The van der Waals surface area contributed by atoms with Crippen LogP contribution in [0.5, 0.6) is 5.75 Å². The fourth-order valence-electron chi connectivity index (χ4n) is 3.74. The molecule has 0 radical (unpaired) electrons.